The largest absolute Gasteiger partial charge is 0.492 e. The summed E-state index contributed by atoms with van der Waals surface area (Å²) in [5, 5.41) is 29.8. The van der Waals surface area contributed by atoms with Crippen LogP contribution in [0.15, 0.2) is 24.4 Å². The molecule has 1 fully saturated rings. The van der Waals surface area contributed by atoms with Crippen LogP contribution in [0.3, 0.4) is 0 Å². The zero-order chi connectivity index (χ0) is 22.2. The minimum Gasteiger partial charge on any atom is -0.492 e. The summed E-state index contributed by atoms with van der Waals surface area (Å²) in [6.45, 7) is 1.35. The number of ether oxygens (including phenoxy) is 1. The molecule has 2 unspecified atom stereocenters. The first kappa shape index (κ1) is 23.0. The molecule has 1 aromatic heterocycles. The molecular weight excluding hydrogens is 402 g/mol. The molecule has 4 N–H and O–H groups in total. The fraction of sp³-hybridized carbons (Fsp3) is 0.591. The maximum atomic E-state index is 12.2. The van der Waals surface area contributed by atoms with E-state index in [9.17, 15) is 14.7 Å². The predicted molar refractivity (Wildman–Crippen MR) is 113 cm³/mol. The number of rotatable bonds is 8. The van der Waals surface area contributed by atoms with Crippen molar-refractivity contribution in [2.45, 2.75) is 38.2 Å². The van der Waals surface area contributed by atoms with Crippen LogP contribution in [-0.2, 0) is 4.79 Å². The zero-order valence-electron chi connectivity index (χ0n) is 17.6. The standard InChI is InChI=1S/C22H31N3O6/c26-13-18(27)11-24-21(28)17-3-1-16(2-4-17)20-6-5-19(12-23-20)31-14-15-7-9-25(10-8-15)22(29)30/h1,5-6,12,15,17-18,26-27H,2-4,7-11,13-14H2,(H,24,28)(H,29,30). The van der Waals surface area contributed by atoms with Crippen LogP contribution in [0.2, 0.25) is 0 Å². The Morgan fingerprint density at radius 2 is 2.03 bits per heavy atom. The van der Waals surface area contributed by atoms with Crippen LogP contribution in [-0.4, -0.2) is 76.2 Å². The maximum absolute atomic E-state index is 12.2. The van der Waals surface area contributed by atoms with Crippen molar-refractivity contribution in [3.63, 3.8) is 0 Å². The second-order valence-electron chi connectivity index (χ2n) is 8.19. The molecule has 1 aliphatic heterocycles. The lowest BCUT2D eigenvalue weighted by atomic mass is 9.87. The summed E-state index contributed by atoms with van der Waals surface area (Å²) in [6, 6.07) is 3.82. The lowest BCUT2D eigenvalue weighted by Gasteiger charge is -2.29. The van der Waals surface area contributed by atoms with E-state index < -0.39 is 12.2 Å². The van der Waals surface area contributed by atoms with E-state index in [0.717, 1.165) is 30.5 Å². The molecule has 0 bridgehead atoms. The number of carbonyl (C=O) groups excluding carboxylic acids is 1. The van der Waals surface area contributed by atoms with E-state index >= 15 is 0 Å². The van der Waals surface area contributed by atoms with Crippen LogP contribution < -0.4 is 10.1 Å². The van der Waals surface area contributed by atoms with Crippen molar-refractivity contribution in [3.8, 4) is 5.75 Å². The van der Waals surface area contributed by atoms with E-state index in [1.807, 2.05) is 18.2 Å². The van der Waals surface area contributed by atoms with Gasteiger partial charge in [-0.05, 0) is 55.7 Å². The number of nitrogens with one attached hydrogen (secondary N) is 1. The van der Waals surface area contributed by atoms with Gasteiger partial charge in [0.1, 0.15) is 5.75 Å². The van der Waals surface area contributed by atoms with Gasteiger partial charge in [-0.15, -0.1) is 0 Å². The monoisotopic (exact) mass is 433 g/mol. The molecule has 0 saturated carbocycles. The molecule has 2 amide bonds. The van der Waals surface area contributed by atoms with Gasteiger partial charge in [-0.2, -0.15) is 0 Å². The van der Waals surface area contributed by atoms with Crippen molar-refractivity contribution in [2.75, 3.05) is 32.8 Å². The highest BCUT2D eigenvalue weighted by Crippen LogP contribution is 2.30. The second-order valence-corrected chi connectivity index (χ2v) is 8.19. The number of amides is 2. The van der Waals surface area contributed by atoms with Crippen LogP contribution in [0.25, 0.3) is 5.57 Å². The van der Waals surface area contributed by atoms with Crippen molar-refractivity contribution in [1.82, 2.24) is 15.2 Å². The molecule has 170 valence electrons. The summed E-state index contributed by atoms with van der Waals surface area (Å²) >= 11 is 0. The Morgan fingerprint density at radius 1 is 1.26 bits per heavy atom. The Labute approximate surface area is 181 Å². The van der Waals surface area contributed by atoms with Crippen molar-refractivity contribution in [2.24, 2.45) is 11.8 Å². The van der Waals surface area contributed by atoms with E-state index in [2.05, 4.69) is 10.3 Å². The van der Waals surface area contributed by atoms with Crippen LogP contribution in [0, 0.1) is 11.8 Å². The number of likely N-dealkylation sites (tertiary alicyclic amines) is 1. The highest BCUT2D eigenvalue weighted by atomic mass is 16.5. The van der Waals surface area contributed by atoms with Gasteiger partial charge in [0.2, 0.25) is 5.91 Å². The van der Waals surface area contributed by atoms with Crippen LogP contribution >= 0.6 is 0 Å². The lowest BCUT2D eigenvalue weighted by Crippen LogP contribution is -2.38. The van der Waals surface area contributed by atoms with E-state index in [0.29, 0.717) is 44.2 Å². The molecule has 0 radical (unpaired) electrons. The number of hydrogen-bond donors (Lipinski definition) is 4. The fourth-order valence-corrected chi connectivity index (χ4v) is 3.89. The second kappa shape index (κ2) is 11.1. The lowest BCUT2D eigenvalue weighted by molar-refractivity contribution is -0.125. The number of carboxylic acid groups (broad SMARTS) is 1. The maximum Gasteiger partial charge on any atom is 0.407 e. The molecule has 2 atom stereocenters. The third kappa shape index (κ3) is 6.67. The van der Waals surface area contributed by atoms with Gasteiger partial charge < -0.3 is 30.3 Å². The first-order valence-corrected chi connectivity index (χ1v) is 10.8. The van der Waals surface area contributed by atoms with Gasteiger partial charge in [-0.3, -0.25) is 9.78 Å². The average molecular weight is 434 g/mol. The van der Waals surface area contributed by atoms with Gasteiger partial charge in [0.15, 0.2) is 0 Å². The Hall–Kier alpha value is -2.65. The van der Waals surface area contributed by atoms with Crippen molar-refractivity contribution < 1.29 is 29.6 Å². The Balaban J connectivity index is 1.43. The molecule has 1 saturated heterocycles. The Morgan fingerprint density at radius 3 is 2.61 bits per heavy atom. The molecule has 0 aromatic carbocycles. The van der Waals surface area contributed by atoms with E-state index in [-0.39, 0.29) is 25.0 Å². The number of carbonyl (C=O) groups is 2. The summed E-state index contributed by atoms with van der Waals surface area (Å²) in [4.78, 5) is 29.1. The van der Waals surface area contributed by atoms with Gasteiger partial charge in [0, 0.05) is 25.6 Å². The third-order valence-electron chi connectivity index (χ3n) is 5.94. The Bertz CT molecular complexity index is 774. The molecule has 9 nitrogen and oxygen atoms in total. The molecule has 9 heteroatoms. The first-order chi connectivity index (χ1) is 15.0. The molecular formula is C22H31N3O6. The highest BCUT2D eigenvalue weighted by molar-refractivity contribution is 5.80. The number of allylic oxidation sites excluding steroid dienone is 2. The van der Waals surface area contributed by atoms with Gasteiger partial charge in [0.25, 0.3) is 0 Å². The number of nitrogens with zero attached hydrogens (tertiary/aromatic N) is 2. The van der Waals surface area contributed by atoms with E-state index in [1.165, 1.54) is 4.90 Å². The number of pyridine rings is 1. The van der Waals surface area contributed by atoms with Gasteiger partial charge in [-0.1, -0.05) is 6.08 Å². The first-order valence-electron chi connectivity index (χ1n) is 10.8. The molecule has 3 rings (SSSR count). The molecule has 1 aliphatic carbocycles. The predicted octanol–water partition coefficient (Wildman–Crippen LogP) is 1.50. The summed E-state index contributed by atoms with van der Waals surface area (Å²) in [5.41, 5.74) is 1.98. The smallest absolute Gasteiger partial charge is 0.407 e. The number of aromatic nitrogens is 1. The van der Waals surface area contributed by atoms with Crippen molar-refractivity contribution in [3.05, 3.63) is 30.1 Å². The minimum atomic E-state index is -0.930. The zero-order valence-corrected chi connectivity index (χ0v) is 17.6. The quantitative estimate of drug-likeness (QED) is 0.488. The normalized spacial score (nSPS) is 20.6. The number of aliphatic hydroxyl groups is 2. The molecule has 2 aliphatic rings. The Kier molecular flexibility index (Phi) is 8.25. The van der Waals surface area contributed by atoms with Crippen LogP contribution in [0.1, 0.15) is 37.8 Å². The van der Waals surface area contributed by atoms with E-state index in [1.54, 1.807) is 6.20 Å². The molecule has 0 spiro atoms. The summed E-state index contributed by atoms with van der Waals surface area (Å²) in [5.74, 6) is 0.803. The number of aliphatic hydroxyl groups excluding tert-OH is 2. The molecule has 1 aromatic rings. The highest BCUT2D eigenvalue weighted by Gasteiger charge is 2.24. The summed E-state index contributed by atoms with van der Waals surface area (Å²) in [7, 11) is 0. The number of hydrogen-bond acceptors (Lipinski definition) is 6. The van der Waals surface area contributed by atoms with Gasteiger partial charge >= 0.3 is 6.09 Å². The van der Waals surface area contributed by atoms with Gasteiger partial charge in [0.05, 0.1) is 31.2 Å². The third-order valence-corrected chi connectivity index (χ3v) is 5.94. The summed E-state index contributed by atoms with van der Waals surface area (Å²) in [6.07, 6.45) is 5.64. The average Bonchev–Trinajstić information content (AvgIpc) is 2.81. The van der Waals surface area contributed by atoms with Crippen molar-refractivity contribution >= 4 is 17.6 Å². The SMILES string of the molecule is O=C(NCC(O)CO)C1CC=C(c2ccc(OCC3CCN(C(=O)O)CC3)cn2)CC1. The topological polar surface area (TPSA) is 132 Å². The molecule has 2 heterocycles. The fourth-order valence-electron chi connectivity index (χ4n) is 3.89. The van der Waals surface area contributed by atoms with Crippen molar-refractivity contribution in [1.29, 1.82) is 0 Å². The number of piperidine rings is 1. The van der Waals surface area contributed by atoms with E-state index in [4.69, 9.17) is 14.9 Å². The van der Waals surface area contributed by atoms with Crippen LogP contribution in [0.4, 0.5) is 4.79 Å². The summed E-state index contributed by atoms with van der Waals surface area (Å²) < 4.78 is 5.85. The van der Waals surface area contributed by atoms with Gasteiger partial charge in [-0.25, -0.2) is 4.79 Å². The van der Waals surface area contributed by atoms with Crippen LogP contribution in [0.5, 0.6) is 5.75 Å². The molecule has 31 heavy (non-hydrogen) atoms. The minimum absolute atomic E-state index is 0.0596.